The van der Waals surface area contributed by atoms with Gasteiger partial charge in [-0.05, 0) is 39.7 Å². The summed E-state index contributed by atoms with van der Waals surface area (Å²) in [7, 11) is 0. The van der Waals surface area contributed by atoms with E-state index in [1.165, 1.54) is 12.5 Å². The molecule has 35 heavy (non-hydrogen) atoms. The first-order chi connectivity index (χ1) is 16.4. The molecule has 2 fully saturated rings. The van der Waals surface area contributed by atoms with E-state index < -0.39 is 18.3 Å². The number of amides is 1. The summed E-state index contributed by atoms with van der Waals surface area (Å²) in [6.45, 7) is 6.23. The number of alkyl halides is 3. The Kier molecular flexibility index (Phi) is 5.83. The van der Waals surface area contributed by atoms with Crippen LogP contribution >= 0.6 is 11.6 Å². The van der Waals surface area contributed by atoms with Gasteiger partial charge in [0, 0.05) is 37.1 Å². The van der Waals surface area contributed by atoms with Crippen LogP contribution in [0.4, 0.5) is 18.0 Å². The molecule has 0 saturated carbocycles. The molecule has 188 valence electrons. The lowest BCUT2D eigenvalue weighted by Crippen LogP contribution is -2.56. The van der Waals surface area contributed by atoms with Gasteiger partial charge in [0.15, 0.2) is 5.15 Å². The van der Waals surface area contributed by atoms with Gasteiger partial charge < -0.3 is 9.30 Å². The van der Waals surface area contributed by atoms with Crippen LogP contribution in [0, 0.1) is 0 Å². The van der Waals surface area contributed by atoms with E-state index in [9.17, 15) is 18.0 Å². The van der Waals surface area contributed by atoms with Gasteiger partial charge in [-0.2, -0.15) is 13.2 Å². The lowest BCUT2D eigenvalue weighted by Gasteiger charge is -2.41. The molecule has 2 aliphatic heterocycles. The molecular weight excluding hydrogens is 485 g/mol. The Hall–Kier alpha value is -2.66. The van der Waals surface area contributed by atoms with Gasteiger partial charge >= 0.3 is 12.3 Å². The summed E-state index contributed by atoms with van der Waals surface area (Å²) < 4.78 is 46.5. The number of pyridine rings is 1. The first-order valence-electron chi connectivity index (χ1n) is 11.5. The molecule has 3 aromatic heterocycles. The van der Waals surface area contributed by atoms with E-state index >= 15 is 0 Å². The molecule has 0 spiro atoms. The van der Waals surface area contributed by atoms with Crippen molar-refractivity contribution in [2.24, 2.45) is 0 Å². The van der Waals surface area contributed by atoms with Crippen molar-refractivity contribution >= 4 is 39.6 Å². The molecule has 5 heterocycles. The van der Waals surface area contributed by atoms with Crippen molar-refractivity contribution in [1.29, 1.82) is 0 Å². The van der Waals surface area contributed by atoms with Gasteiger partial charge in [0.1, 0.15) is 29.5 Å². The van der Waals surface area contributed by atoms with Gasteiger partial charge in [-0.25, -0.2) is 14.8 Å². The largest absolute Gasteiger partial charge is 0.444 e. The normalized spacial score (nSPS) is 21.3. The quantitative estimate of drug-likeness (QED) is 0.472. The maximum absolute atomic E-state index is 13.3. The number of rotatable bonds is 3. The fraction of sp³-hybridized carbons (Fsp3) is 0.565. The number of fused-ring (bicyclic) bond motifs is 5. The van der Waals surface area contributed by atoms with Crippen molar-refractivity contribution < 1.29 is 22.7 Å². The minimum Gasteiger partial charge on any atom is -0.444 e. The number of nitrogens with zero attached hydrogens (tertiary/aromatic N) is 6. The standard InChI is InChI=1S/C23H26ClF3N6O2/c1-22(2,3)35-21(34)33-14-4-5-15(33)10-31(9-14)8-13-6-16-17(7-28-13)32(11-23(25,26)27)19-18(16)29-12-30-20(19)24/h6-7,12,14-15H,4-5,8-11H2,1-3H3. The summed E-state index contributed by atoms with van der Waals surface area (Å²) in [4.78, 5) is 29.4. The van der Waals surface area contributed by atoms with Crippen molar-refractivity contribution in [2.45, 2.75) is 70.6 Å². The molecule has 12 heteroatoms. The second-order valence-electron chi connectivity index (χ2n) is 10.2. The zero-order valence-electron chi connectivity index (χ0n) is 19.6. The zero-order chi connectivity index (χ0) is 25.1. The minimum atomic E-state index is -4.44. The Morgan fingerprint density at radius 2 is 1.83 bits per heavy atom. The topological polar surface area (TPSA) is 76.4 Å². The van der Waals surface area contributed by atoms with Crippen LogP contribution in [0.3, 0.4) is 0 Å². The molecule has 2 atom stereocenters. The highest BCUT2D eigenvalue weighted by Crippen LogP contribution is 2.35. The number of likely N-dealkylation sites (tertiary alicyclic amines) is 1. The predicted octanol–water partition coefficient (Wildman–Crippen LogP) is 4.78. The summed E-state index contributed by atoms with van der Waals surface area (Å²) in [5.41, 5.74) is 0.971. The van der Waals surface area contributed by atoms with Crippen LogP contribution in [0.25, 0.3) is 21.9 Å². The summed E-state index contributed by atoms with van der Waals surface area (Å²) in [6.07, 6.45) is -0.210. The average Bonchev–Trinajstić information content (AvgIpc) is 3.18. The Bertz CT molecular complexity index is 1270. The van der Waals surface area contributed by atoms with Crippen LogP contribution < -0.4 is 0 Å². The summed E-state index contributed by atoms with van der Waals surface area (Å²) >= 11 is 6.17. The second kappa shape index (κ2) is 8.48. The molecule has 2 aliphatic rings. The van der Waals surface area contributed by atoms with Gasteiger partial charge in [-0.1, -0.05) is 11.6 Å². The molecule has 1 amide bonds. The highest BCUT2D eigenvalue weighted by Gasteiger charge is 2.44. The second-order valence-corrected chi connectivity index (χ2v) is 10.6. The summed E-state index contributed by atoms with van der Waals surface area (Å²) in [6, 6.07) is 1.90. The maximum atomic E-state index is 13.3. The summed E-state index contributed by atoms with van der Waals surface area (Å²) in [5.74, 6) is 0. The molecule has 0 radical (unpaired) electrons. The molecule has 8 nitrogen and oxygen atoms in total. The molecule has 2 bridgehead atoms. The number of piperazine rings is 1. The van der Waals surface area contributed by atoms with E-state index in [2.05, 4.69) is 19.9 Å². The van der Waals surface area contributed by atoms with Gasteiger partial charge in [0.25, 0.3) is 0 Å². The third kappa shape index (κ3) is 4.75. The molecule has 0 aromatic carbocycles. The number of halogens is 4. The van der Waals surface area contributed by atoms with E-state index in [0.29, 0.717) is 41.7 Å². The maximum Gasteiger partial charge on any atom is 0.410 e. The number of hydrogen-bond acceptors (Lipinski definition) is 6. The Labute approximate surface area is 205 Å². The minimum absolute atomic E-state index is 0.0353. The Balaban J connectivity index is 1.40. The Morgan fingerprint density at radius 1 is 1.14 bits per heavy atom. The monoisotopic (exact) mass is 510 g/mol. The van der Waals surface area contributed by atoms with Crippen molar-refractivity contribution in [3.05, 3.63) is 29.4 Å². The lowest BCUT2D eigenvalue weighted by atomic mass is 10.1. The number of carbonyl (C=O) groups excluding carboxylic acids is 1. The number of aromatic nitrogens is 4. The molecule has 0 N–H and O–H groups in total. The molecule has 5 rings (SSSR count). The summed E-state index contributed by atoms with van der Waals surface area (Å²) in [5, 5.41) is 0.515. The van der Waals surface area contributed by atoms with E-state index in [1.807, 2.05) is 25.7 Å². The zero-order valence-corrected chi connectivity index (χ0v) is 20.4. The Morgan fingerprint density at radius 3 is 2.46 bits per heavy atom. The van der Waals surface area contributed by atoms with Crippen LogP contribution in [-0.2, 0) is 17.8 Å². The van der Waals surface area contributed by atoms with Gasteiger partial charge in [-0.3, -0.25) is 14.8 Å². The molecule has 2 unspecified atom stereocenters. The van der Waals surface area contributed by atoms with E-state index in [4.69, 9.17) is 16.3 Å². The first-order valence-corrected chi connectivity index (χ1v) is 11.8. The highest BCUT2D eigenvalue weighted by molar-refractivity contribution is 6.34. The van der Waals surface area contributed by atoms with Gasteiger partial charge in [-0.15, -0.1) is 0 Å². The van der Waals surface area contributed by atoms with E-state index in [-0.39, 0.29) is 28.8 Å². The average molecular weight is 511 g/mol. The van der Waals surface area contributed by atoms with Crippen LogP contribution in [0.15, 0.2) is 18.6 Å². The molecule has 3 aromatic rings. The first kappa shape index (κ1) is 24.1. The van der Waals surface area contributed by atoms with Crippen LogP contribution in [0.2, 0.25) is 5.15 Å². The van der Waals surface area contributed by atoms with E-state index in [1.54, 1.807) is 6.07 Å². The van der Waals surface area contributed by atoms with Crippen molar-refractivity contribution in [1.82, 2.24) is 29.3 Å². The number of hydrogen-bond donors (Lipinski definition) is 0. The lowest BCUT2D eigenvalue weighted by molar-refractivity contribution is -0.139. The predicted molar refractivity (Wildman–Crippen MR) is 124 cm³/mol. The smallest absolute Gasteiger partial charge is 0.410 e. The van der Waals surface area contributed by atoms with Crippen molar-refractivity contribution in [2.75, 3.05) is 13.1 Å². The van der Waals surface area contributed by atoms with E-state index in [0.717, 1.165) is 17.4 Å². The molecule has 2 saturated heterocycles. The molecule has 0 aliphatic carbocycles. The van der Waals surface area contributed by atoms with Crippen molar-refractivity contribution in [3.63, 3.8) is 0 Å². The molecular formula is C23H26ClF3N6O2. The fourth-order valence-corrected chi connectivity index (χ4v) is 5.44. The van der Waals surface area contributed by atoms with Gasteiger partial charge in [0.05, 0.1) is 17.4 Å². The fourth-order valence-electron chi connectivity index (χ4n) is 5.20. The van der Waals surface area contributed by atoms with Gasteiger partial charge in [0.2, 0.25) is 0 Å². The van der Waals surface area contributed by atoms with Crippen LogP contribution in [-0.4, -0.2) is 72.4 Å². The SMILES string of the molecule is CC(C)(C)OC(=O)N1C2CCC1CN(Cc1cc3c4ncnc(Cl)c4n(CC(F)(F)F)c3cn1)C2. The number of ether oxygens (including phenoxy) is 1. The highest BCUT2D eigenvalue weighted by atomic mass is 35.5. The third-order valence-electron chi connectivity index (χ3n) is 6.42. The van der Waals surface area contributed by atoms with Crippen molar-refractivity contribution in [3.8, 4) is 0 Å². The van der Waals surface area contributed by atoms with Crippen LogP contribution in [0.1, 0.15) is 39.3 Å². The van der Waals surface area contributed by atoms with Crippen LogP contribution in [0.5, 0.6) is 0 Å². The number of carbonyl (C=O) groups is 1. The third-order valence-corrected chi connectivity index (χ3v) is 6.69.